The minimum atomic E-state index is 0.380. The maximum Gasteiger partial charge on any atom is 0.0628 e. The minimum Gasteiger partial charge on any atom is -0.383 e. The first-order valence-corrected chi connectivity index (χ1v) is 6.36. The topological polar surface area (TPSA) is 39.1 Å². The van der Waals surface area contributed by atoms with Gasteiger partial charge in [0.2, 0.25) is 0 Å². The van der Waals surface area contributed by atoms with Crippen LogP contribution in [0.3, 0.4) is 0 Å². The van der Waals surface area contributed by atoms with Gasteiger partial charge in [-0.25, -0.2) is 0 Å². The molecule has 4 nitrogen and oxygen atoms in total. The highest BCUT2D eigenvalue weighted by molar-refractivity contribution is 5.24. The maximum absolute atomic E-state index is 5.01. The Hall–Kier alpha value is -0.870. The first-order chi connectivity index (χ1) is 8.11. The van der Waals surface area contributed by atoms with Crippen LogP contribution in [0, 0.1) is 13.8 Å². The van der Waals surface area contributed by atoms with E-state index in [2.05, 4.69) is 42.8 Å². The summed E-state index contributed by atoms with van der Waals surface area (Å²) in [6.07, 6.45) is 1.06. The third-order valence-electron chi connectivity index (χ3n) is 3.17. The molecule has 98 valence electrons. The Morgan fingerprint density at radius 3 is 2.65 bits per heavy atom. The van der Waals surface area contributed by atoms with E-state index >= 15 is 0 Å². The van der Waals surface area contributed by atoms with Crippen LogP contribution in [0.25, 0.3) is 0 Å². The van der Waals surface area contributed by atoms with Crippen molar-refractivity contribution in [1.82, 2.24) is 15.1 Å². The van der Waals surface area contributed by atoms with Gasteiger partial charge < -0.3 is 10.1 Å². The van der Waals surface area contributed by atoms with Crippen LogP contribution in [-0.4, -0.2) is 36.6 Å². The molecule has 0 aromatic carbocycles. The molecule has 0 aliphatic carbocycles. The van der Waals surface area contributed by atoms with E-state index in [0.717, 1.165) is 31.8 Å². The molecule has 0 radical (unpaired) electrons. The molecule has 0 saturated carbocycles. The molecule has 0 aliphatic rings. The summed E-state index contributed by atoms with van der Waals surface area (Å²) in [5.41, 5.74) is 3.84. The second-order valence-corrected chi connectivity index (χ2v) is 4.49. The first kappa shape index (κ1) is 14.2. The Kier molecular flexibility index (Phi) is 5.65. The number of nitrogens with one attached hydrogen (secondary N) is 1. The lowest BCUT2D eigenvalue weighted by Gasteiger charge is -2.15. The summed E-state index contributed by atoms with van der Waals surface area (Å²) in [6.45, 7) is 11.2. The molecule has 0 amide bonds. The standard InChI is InChI=1S/C13H25N3O/c1-6-13-11(3)15-16(12(13)4)10(2)9-14-7-8-17-5/h10,14H,6-9H2,1-5H3. The molecule has 1 atom stereocenters. The summed E-state index contributed by atoms with van der Waals surface area (Å²) in [5, 5.41) is 8.00. The third kappa shape index (κ3) is 3.54. The number of rotatable bonds is 7. The van der Waals surface area contributed by atoms with E-state index in [-0.39, 0.29) is 0 Å². The highest BCUT2D eigenvalue weighted by Crippen LogP contribution is 2.17. The fraction of sp³-hybridized carbons (Fsp3) is 0.769. The molecule has 1 N–H and O–H groups in total. The van der Waals surface area contributed by atoms with Crippen molar-refractivity contribution in [2.24, 2.45) is 0 Å². The lowest BCUT2D eigenvalue weighted by Crippen LogP contribution is -2.27. The van der Waals surface area contributed by atoms with E-state index < -0.39 is 0 Å². The average molecular weight is 239 g/mol. The van der Waals surface area contributed by atoms with Gasteiger partial charge in [-0.05, 0) is 32.8 Å². The normalized spacial score (nSPS) is 13.0. The largest absolute Gasteiger partial charge is 0.383 e. The van der Waals surface area contributed by atoms with Gasteiger partial charge in [0, 0.05) is 25.9 Å². The molecule has 0 bridgehead atoms. The van der Waals surface area contributed by atoms with Gasteiger partial charge >= 0.3 is 0 Å². The van der Waals surface area contributed by atoms with Crippen LogP contribution >= 0.6 is 0 Å². The predicted octanol–water partition coefficient (Wildman–Crippen LogP) is 1.86. The highest BCUT2D eigenvalue weighted by Gasteiger charge is 2.13. The Morgan fingerprint density at radius 1 is 1.41 bits per heavy atom. The lowest BCUT2D eigenvalue weighted by atomic mass is 10.1. The van der Waals surface area contributed by atoms with Gasteiger partial charge in [-0.2, -0.15) is 5.10 Å². The van der Waals surface area contributed by atoms with Gasteiger partial charge in [-0.1, -0.05) is 6.92 Å². The van der Waals surface area contributed by atoms with Crippen LogP contribution in [0.4, 0.5) is 0 Å². The van der Waals surface area contributed by atoms with Crippen molar-refractivity contribution < 1.29 is 4.74 Å². The van der Waals surface area contributed by atoms with E-state index in [4.69, 9.17) is 4.74 Å². The van der Waals surface area contributed by atoms with E-state index in [1.165, 1.54) is 11.3 Å². The van der Waals surface area contributed by atoms with Crippen molar-refractivity contribution in [2.45, 2.75) is 40.2 Å². The molecule has 0 saturated heterocycles. The zero-order valence-electron chi connectivity index (χ0n) is 11.7. The van der Waals surface area contributed by atoms with Crippen molar-refractivity contribution in [3.63, 3.8) is 0 Å². The summed E-state index contributed by atoms with van der Waals surface area (Å²) in [4.78, 5) is 0. The van der Waals surface area contributed by atoms with E-state index in [1.54, 1.807) is 7.11 Å². The smallest absolute Gasteiger partial charge is 0.0628 e. The predicted molar refractivity (Wildman–Crippen MR) is 70.5 cm³/mol. The fourth-order valence-electron chi connectivity index (χ4n) is 2.21. The number of aryl methyl sites for hydroxylation is 1. The molecule has 0 spiro atoms. The van der Waals surface area contributed by atoms with Crippen molar-refractivity contribution >= 4 is 0 Å². The fourth-order valence-corrected chi connectivity index (χ4v) is 2.21. The summed E-state index contributed by atoms with van der Waals surface area (Å²) in [7, 11) is 1.72. The molecule has 1 heterocycles. The Balaban J connectivity index is 2.59. The van der Waals surface area contributed by atoms with E-state index in [9.17, 15) is 0 Å². The molecule has 1 unspecified atom stereocenters. The molecular formula is C13H25N3O. The van der Waals surface area contributed by atoms with Gasteiger partial charge in [-0.15, -0.1) is 0 Å². The van der Waals surface area contributed by atoms with Crippen molar-refractivity contribution in [1.29, 1.82) is 0 Å². The van der Waals surface area contributed by atoms with Crippen LogP contribution in [-0.2, 0) is 11.2 Å². The summed E-state index contributed by atoms with van der Waals surface area (Å²) < 4.78 is 7.14. The Labute approximate surface area is 104 Å². The number of nitrogens with zero attached hydrogens (tertiary/aromatic N) is 2. The van der Waals surface area contributed by atoms with Crippen LogP contribution in [0.5, 0.6) is 0 Å². The molecule has 17 heavy (non-hydrogen) atoms. The number of ether oxygens (including phenoxy) is 1. The van der Waals surface area contributed by atoms with Crippen molar-refractivity contribution in [2.75, 3.05) is 26.8 Å². The van der Waals surface area contributed by atoms with Crippen LogP contribution in [0.15, 0.2) is 0 Å². The maximum atomic E-state index is 5.01. The van der Waals surface area contributed by atoms with Gasteiger partial charge in [0.15, 0.2) is 0 Å². The number of methoxy groups -OCH3 is 1. The van der Waals surface area contributed by atoms with Gasteiger partial charge in [0.1, 0.15) is 0 Å². The molecule has 1 aromatic heterocycles. The van der Waals surface area contributed by atoms with E-state index in [0.29, 0.717) is 6.04 Å². The highest BCUT2D eigenvalue weighted by atomic mass is 16.5. The van der Waals surface area contributed by atoms with Gasteiger partial charge in [0.25, 0.3) is 0 Å². The number of hydrogen-bond donors (Lipinski definition) is 1. The molecule has 0 fully saturated rings. The van der Waals surface area contributed by atoms with Crippen molar-refractivity contribution in [3.05, 3.63) is 17.0 Å². The molecule has 1 rings (SSSR count). The van der Waals surface area contributed by atoms with Gasteiger partial charge in [-0.3, -0.25) is 4.68 Å². The lowest BCUT2D eigenvalue weighted by molar-refractivity contribution is 0.198. The Morgan fingerprint density at radius 2 is 2.12 bits per heavy atom. The van der Waals surface area contributed by atoms with Crippen LogP contribution in [0.1, 0.15) is 36.8 Å². The molecule has 0 aliphatic heterocycles. The molecular weight excluding hydrogens is 214 g/mol. The minimum absolute atomic E-state index is 0.380. The van der Waals surface area contributed by atoms with E-state index in [1.807, 2.05) is 0 Å². The summed E-state index contributed by atoms with van der Waals surface area (Å²) >= 11 is 0. The van der Waals surface area contributed by atoms with Crippen molar-refractivity contribution in [3.8, 4) is 0 Å². The SMILES string of the molecule is CCc1c(C)nn(C(C)CNCCOC)c1C. The number of hydrogen-bond acceptors (Lipinski definition) is 3. The second kappa shape index (κ2) is 6.77. The number of aromatic nitrogens is 2. The molecule has 4 heteroatoms. The van der Waals surface area contributed by atoms with Gasteiger partial charge in [0.05, 0.1) is 18.3 Å². The second-order valence-electron chi connectivity index (χ2n) is 4.49. The van der Waals surface area contributed by atoms with Crippen LogP contribution < -0.4 is 5.32 Å². The zero-order valence-corrected chi connectivity index (χ0v) is 11.7. The monoisotopic (exact) mass is 239 g/mol. The quantitative estimate of drug-likeness (QED) is 0.738. The summed E-state index contributed by atoms with van der Waals surface area (Å²) in [6, 6.07) is 0.380. The van der Waals surface area contributed by atoms with Crippen LogP contribution in [0.2, 0.25) is 0 Å². The summed E-state index contributed by atoms with van der Waals surface area (Å²) in [5.74, 6) is 0. The zero-order chi connectivity index (χ0) is 12.8. The first-order valence-electron chi connectivity index (χ1n) is 6.36. The third-order valence-corrected chi connectivity index (χ3v) is 3.17. The average Bonchev–Trinajstić information content (AvgIpc) is 2.60. The Bertz CT molecular complexity index is 347. The molecule has 1 aromatic rings.